The number of carbonyl (C=O) groups excluding carboxylic acids is 2. The van der Waals surface area contributed by atoms with Crippen molar-refractivity contribution in [3.63, 3.8) is 0 Å². The van der Waals surface area contributed by atoms with Crippen molar-refractivity contribution in [1.29, 1.82) is 0 Å². The maximum Gasteiger partial charge on any atom is 0.338 e. The van der Waals surface area contributed by atoms with E-state index in [4.69, 9.17) is 4.74 Å². The summed E-state index contributed by atoms with van der Waals surface area (Å²) in [4.78, 5) is 23.3. The van der Waals surface area contributed by atoms with E-state index in [1.165, 1.54) is 0 Å². The van der Waals surface area contributed by atoms with Crippen molar-refractivity contribution in [2.45, 2.75) is 26.2 Å². The van der Waals surface area contributed by atoms with Gasteiger partial charge in [0.1, 0.15) is 0 Å². The largest absolute Gasteiger partial charge is 0.462 e. The van der Waals surface area contributed by atoms with Gasteiger partial charge in [0.05, 0.1) is 12.2 Å². The Labute approximate surface area is 106 Å². The summed E-state index contributed by atoms with van der Waals surface area (Å²) in [6.45, 7) is 2.11. The second kappa shape index (κ2) is 5.67. The average Bonchev–Trinajstić information content (AvgIpc) is 2.27. The molecule has 0 heterocycles. The molecule has 18 heavy (non-hydrogen) atoms. The lowest BCUT2D eigenvalue weighted by molar-refractivity contribution is -0.122. The van der Waals surface area contributed by atoms with Gasteiger partial charge in [0.15, 0.2) is 0 Å². The maximum absolute atomic E-state index is 11.8. The fourth-order valence-electron chi connectivity index (χ4n) is 1.85. The van der Waals surface area contributed by atoms with Crippen LogP contribution in [0.25, 0.3) is 0 Å². The van der Waals surface area contributed by atoms with Crippen LogP contribution < -0.4 is 5.32 Å². The first-order valence-electron chi connectivity index (χ1n) is 6.28. The Kier molecular flexibility index (Phi) is 3.97. The Balaban J connectivity index is 2.02. The minimum Gasteiger partial charge on any atom is -0.462 e. The van der Waals surface area contributed by atoms with Crippen LogP contribution in [0.1, 0.15) is 36.5 Å². The molecule has 0 aliphatic heterocycles. The third-order valence-electron chi connectivity index (χ3n) is 3.12. The smallest absolute Gasteiger partial charge is 0.338 e. The Bertz CT molecular complexity index is 452. The third-order valence-corrected chi connectivity index (χ3v) is 3.12. The highest BCUT2D eigenvalue weighted by molar-refractivity contribution is 5.95. The van der Waals surface area contributed by atoms with E-state index in [1.807, 2.05) is 0 Å². The molecule has 1 aromatic rings. The second-order valence-corrected chi connectivity index (χ2v) is 4.42. The Morgan fingerprint density at radius 1 is 1.39 bits per heavy atom. The first kappa shape index (κ1) is 12.6. The Hall–Kier alpha value is -1.84. The molecule has 96 valence electrons. The van der Waals surface area contributed by atoms with Crippen LogP contribution >= 0.6 is 0 Å². The molecule has 0 spiro atoms. The quantitative estimate of drug-likeness (QED) is 0.832. The van der Waals surface area contributed by atoms with Crippen molar-refractivity contribution in [3.8, 4) is 0 Å². The van der Waals surface area contributed by atoms with E-state index >= 15 is 0 Å². The van der Waals surface area contributed by atoms with Crippen molar-refractivity contribution in [3.05, 3.63) is 29.8 Å². The lowest BCUT2D eigenvalue weighted by Gasteiger charge is -2.24. The molecule has 1 amide bonds. The number of benzene rings is 1. The molecular weight excluding hydrogens is 230 g/mol. The lowest BCUT2D eigenvalue weighted by Crippen LogP contribution is -2.28. The molecule has 0 saturated heterocycles. The van der Waals surface area contributed by atoms with Crippen molar-refractivity contribution in [1.82, 2.24) is 0 Å². The van der Waals surface area contributed by atoms with Crippen molar-refractivity contribution in [2.24, 2.45) is 5.92 Å². The van der Waals surface area contributed by atoms with Gasteiger partial charge in [0.25, 0.3) is 0 Å². The van der Waals surface area contributed by atoms with Crippen molar-refractivity contribution < 1.29 is 14.3 Å². The Morgan fingerprint density at radius 2 is 2.17 bits per heavy atom. The van der Waals surface area contributed by atoms with Crippen molar-refractivity contribution >= 4 is 17.6 Å². The molecule has 1 saturated carbocycles. The predicted molar refractivity (Wildman–Crippen MR) is 68.4 cm³/mol. The highest BCUT2D eigenvalue weighted by Crippen LogP contribution is 2.27. The number of hydrogen-bond acceptors (Lipinski definition) is 3. The van der Waals surface area contributed by atoms with E-state index in [0.29, 0.717) is 17.9 Å². The summed E-state index contributed by atoms with van der Waals surface area (Å²) in [5, 5.41) is 2.83. The molecule has 0 unspecified atom stereocenters. The van der Waals surface area contributed by atoms with E-state index < -0.39 is 0 Å². The summed E-state index contributed by atoms with van der Waals surface area (Å²) >= 11 is 0. The van der Waals surface area contributed by atoms with Crippen LogP contribution in [-0.2, 0) is 9.53 Å². The van der Waals surface area contributed by atoms with Crippen LogP contribution in [0, 0.1) is 5.92 Å². The molecular formula is C14H17NO3. The topological polar surface area (TPSA) is 55.4 Å². The van der Waals surface area contributed by atoms with E-state index in [-0.39, 0.29) is 17.8 Å². The summed E-state index contributed by atoms with van der Waals surface area (Å²) in [5.74, 6) is -0.184. The van der Waals surface area contributed by atoms with Gasteiger partial charge in [-0.15, -0.1) is 0 Å². The van der Waals surface area contributed by atoms with Gasteiger partial charge in [0, 0.05) is 11.6 Å². The number of rotatable bonds is 4. The zero-order chi connectivity index (χ0) is 13.0. The number of anilines is 1. The maximum atomic E-state index is 11.8. The number of amides is 1. The van der Waals surface area contributed by atoms with E-state index in [0.717, 1.165) is 19.3 Å². The Morgan fingerprint density at radius 3 is 2.78 bits per heavy atom. The van der Waals surface area contributed by atoms with E-state index in [1.54, 1.807) is 31.2 Å². The number of esters is 1. The van der Waals surface area contributed by atoms with Gasteiger partial charge < -0.3 is 10.1 Å². The lowest BCUT2D eigenvalue weighted by atomic mass is 9.85. The average molecular weight is 247 g/mol. The molecule has 0 radical (unpaired) electrons. The van der Waals surface area contributed by atoms with E-state index in [2.05, 4.69) is 5.32 Å². The molecule has 1 fully saturated rings. The number of ether oxygens (including phenoxy) is 1. The SMILES string of the molecule is CCOC(=O)c1cccc(NC(=O)C2CCC2)c1. The first-order chi connectivity index (χ1) is 8.70. The zero-order valence-electron chi connectivity index (χ0n) is 10.4. The zero-order valence-corrected chi connectivity index (χ0v) is 10.4. The van der Waals surface area contributed by atoms with Crippen LogP contribution in [-0.4, -0.2) is 18.5 Å². The number of carbonyl (C=O) groups is 2. The standard InChI is InChI=1S/C14H17NO3/c1-2-18-14(17)11-7-4-8-12(9-11)15-13(16)10-5-3-6-10/h4,7-10H,2-3,5-6H2,1H3,(H,15,16). The first-order valence-corrected chi connectivity index (χ1v) is 6.28. The van der Waals surface area contributed by atoms with Gasteiger partial charge in [-0.2, -0.15) is 0 Å². The normalized spacial score (nSPS) is 14.7. The van der Waals surface area contributed by atoms with Crippen molar-refractivity contribution in [2.75, 3.05) is 11.9 Å². The number of hydrogen-bond donors (Lipinski definition) is 1. The van der Waals surface area contributed by atoms with Gasteiger partial charge in [0.2, 0.25) is 5.91 Å². The third kappa shape index (κ3) is 2.88. The molecule has 1 N–H and O–H groups in total. The summed E-state index contributed by atoms with van der Waals surface area (Å²) in [6.07, 6.45) is 3.05. The van der Waals surface area contributed by atoms with Gasteiger partial charge in [-0.05, 0) is 38.0 Å². The van der Waals surface area contributed by atoms with Gasteiger partial charge in [-0.3, -0.25) is 4.79 Å². The summed E-state index contributed by atoms with van der Waals surface area (Å²) in [7, 11) is 0. The molecule has 0 bridgehead atoms. The molecule has 0 atom stereocenters. The fraction of sp³-hybridized carbons (Fsp3) is 0.429. The predicted octanol–water partition coefficient (Wildman–Crippen LogP) is 2.60. The molecule has 4 nitrogen and oxygen atoms in total. The van der Waals surface area contributed by atoms with Gasteiger partial charge in [-0.25, -0.2) is 4.79 Å². The molecule has 0 aromatic heterocycles. The van der Waals surface area contributed by atoms with Crippen LogP contribution in [0.5, 0.6) is 0 Å². The molecule has 1 aromatic carbocycles. The van der Waals surface area contributed by atoms with E-state index in [9.17, 15) is 9.59 Å². The van der Waals surface area contributed by atoms with Gasteiger partial charge >= 0.3 is 5.97 Å². The summed E-state index contributed by atoms with van der Waals surface area (Å²) < 4.78 is 4.92. The highest BCUT2D eigenvalue weighted by atomic mass is 16.5. The molecule has 2 rings (SSSR count). The molecule has 4 heteroatoms. The fourth-order valence-corrected chi connectivity index (χ4v) is 1.85. The van der Waals surface area contributed by atoms with Crippen LogP contribution in [0.2, 0.25) is 0 Å². The summed E-state index contributed by atoms with van der Waals surface area (Å²) in [5.41, 5.74) is 1.11. The van der Waals surface area contributed by atoms with Crippen LogP contribution in [0.15, 0.2) is 24.3 Å². The minimum atomic E-state index is -0.364. The molecule has 1 aliphatic carbocycles. The monoisotopic (exact) mass is 247 g/mol. The second-order valence-electron chi connectivity index (χ2n) is 4.42. The van der Waals surface area contributed by atoms with Gasteiger partial charge in [-0.1, -0.05) is 12.5 Å². The minimum absolute atomic E-state index is 0.0438. The number of nitrogens with one attached hydrogen (secondary N) is 1. The summed E-state index contributed by atoms with van der Waals surface area (Å²) in [6, 6.07) is 6.84. The van der Waals surface area contributed by atoms with Crippen LogP contribution in [0.4, 0.5) is 5.69 Å². The van der Waals surface area contributed by atoms with Crippen LogP contribution in [0.3, 0.4) is 0 Å². The highest BCUT2D eigenvalue weighted by Gasteiger charge is 2.25. The molecule has 1 aliphatic rings.